The van der Waals surface area contributed by atoms with Gasteiger partial charge >= 0.3 is 0 Å². The Morgan fingerprint density at radius 1 is 1.33 bits per heavy atom. The predicted octanol–water partition coefficient (Wildman–Crippen LogP) is 3.69. The Kier molecular flexibility index (Phi) is 3.87. The quantitative estimate of drug-likeness (QED) is 0.750. The molecule has 0 saturated heterocycles. The third-order valence-electron chi connectivity index (χ3n) is 4.45. The maximum atomic E-state index is 13.9. The lowest BCUT2D eigenvalue weighted by molar-refractivity contribution is 0.0494. The Bertz CT molecular complexity index is 573. The van der Waals surface area contributed by atoms with Gasteiger partial charge in [-0.3, -0.25) is 4.79 Å². The maximum absolute atomic E-state index is 13.9. The molecule has 4 heteroatoms. The molecule has 0 amide bonds. The van der Waals surface area contributed by atoms with Gasteiger partial charge in [0.05, 0.1) is 12.7 Å². The molecule has 2 saturated carbocycles. The lowest BCUT2D eigenvalue weighted by atomic mass is 9.79. The van der Waals surface area contributed by atoms with Crippen molar-refractivity contribution in [1.29, 1.82) is 0 Å². The molecule has 0 heterocycles. The van der Waals surface area contributed by atoms with E-state index < -0.39 is 11.2 Å². The van der Waals surface area contributed by atoms with Gasteiger partial charge in [0.1, 0.15) is 0 Å². The van der Waals surface area contributed by atoms with Crippen molar-refractivity contribution >= 4 is 0 Å². The third-order valence-corrected chi connectivity index (χ3v) is 4.45. The molecule has 1 aromatic rings. The van der Waals surface area contributed by atoms with Crippen LogP contribution in [0.15, 0.2) is 23.0 Å². The van der Waals surface area contributed by atoms with Crippen LogP contribution in [-0.4, -0.2) is 12.7 Å². The van der Waals surface area contributed by atoms with E-state index in [1.165, 1.54) is 31.0 Å². The second-order valence-electron chi connectivity index (χ2n) is 6.25. The number of unbranched alkanes of at least 4 members (excludes halogenated alkanes) is 1. The summed E-state index contributed by atoms with van der Waals surface area (Å²) in [6.07, 6.45) is 6.40. The van der Waals surface area contributed by atoms with Crippen molar-refractivity contribution in [2.45, 2.75) is 51.6 Å². The van der Waals surface area contributed by atoms with Crippen molar-refractivity contribution in [3.63, 3.8) is 0 Å². The number of rotatable bonds is 6. The van der Waals surface area contributed by atoms with Crippen LogP contribution >= 0.6 is 0 Å². The summed E-state index contributed by atoms with van der Waals surface area (Å²) in [6, 6.07) is 4.29. The molecule has 1 spiro atoms. The zero-order chi connectivity index (χ0) is 14.9. The largest absolute Gasteiger partial charge is 0.487 e. The van der Waals surface area contributed by atoms with E-state index in [0.29, 0.717) is 12.0 Å². The van der Waals surface area contributed by atoms with Crippen LogP contribution in [0.5, 0.6) is 11.5 Å². The summed E-state index contributed by atoms with van der Waals surface area (Å²) < 4.78 is 25.0. The summed E-state index contributed by atoms with van der Waals surface area (Å²) in [4.78, 5) is 12.3. The van der Waals surface area contributed by atoms with Crippen LogP contribution in [-0.2, 0) is 0 Å². The van der Waals surface area contributed by atoms with Crippen LogP contribution < -0.4 is 14.9 Å². The molecule has 0 aliphatic heterocycles. The summed E-state index contributed by atoms with van der Waals surface area (Å²) >= 11 is 0. The fourth-order valence-corrected chi connectivity index (χ4v) is 2.89. The highest BCUT2D eigenvalue weighted by Gasteiger charge is 2.54. The van der Waals surface area contributed by atoms with Gasteiger partial charge in [-0.15, -0.1) is 0 Å². The van der Waals surface area contributed by atoms with Gasteiger partial charge in [0.15, 0.2) is 11.6 Å². The average molecular weight is 292 g/mol. The van der Waals surface area contributed by atoms with Crippen molar-refractivity contribution < 1.29 is 13.9 Å². The first-order valence-electron chi connectivity index (χ1n) is 7.76. The minimum absolute atomic E-state index is 0.0918. The smallest absolute Gasteiger partial charge is 0.265 e. The van der Waals surface area contributed by atoms with Crippen LogP contribution in [0.25, 0.3) is 0 Å². The van der Waals surface area contributed by atoms with E-state index in [9.17, 15) is 9.18 Å². The fourth-order valence-electron chi connectivity index (χ4n) is 2.89. The van der Waals surface area contributed by atoms with E-state index in [-0.39, 0.29) is 17.6 Å². The maximum Gasteiger partial charge on any atom is 0.265 e. The van der Waals surface area contributed by atoms with E-state index in [1.807, 2.05) is 6.92 Å². The second kappa shape index (κ2) is 5.66. The Morgan fingerprint density at radius 3 is 2.76 bits per heavy atom. The van der Waals surface area contributed by atoms with E-state index in [2.05, 4.69) is 0 Å². The third kappa shape index (κ3) is 3.04. The van der Waals surface area contributed by atoms with Crippen LogP contribution in [0.3, 0.4) is 0 Å². The Balaban J connectivity index is 1.75. The van der Waals surface area contributed by atoms with Gasteiger partial charge in [-0.25, -0.2) is 4.39 Å². The van der Waals surface area contributed by atoms with Gasteiger partial charge in [0.25, 0.3) is 5.43 Å². The van der Waals surface area contributed by atoms with Gasteiger partial charge in [-0.2, -0.15) is 0 Å². The number of halogens is 1. The van der Waals surface area contributed by atoms with Gasteiger partial charge in [0, 0.05) is 0 Å². The first kappa shape index (κ1) is 14.4. The molecule has 3 rings (SSSR count). The zero-order valence-electron chi connectivity index (χ0n) is 12.4. The topological polar surface area (TPSA) is 35.5 Å². The molecular weight excluding hydrogens is 271 g/mol. The lowest BCUT2D eigenvalue weighted by Gasteiger charge is -2.35. The Morgan fingerprint density at radius 2 is 2.10 bits per heavy atom. The minimum atomic E-state index is -0.627. The van der Waals surface area contributed by atoms with Crippen molar-refractivity contribution in [1.82, 2.24) is 0 Å². The monoisotopic (exact) mass is 292 g/mol. The second-order valence-corrected chi connectivity index (χ2v) is 6.25. The molecule has 3 nitrogen and oxygen atoms in total. The van der Waals surface area contributed by atoms with Crippen LogP contribution in [0, 0.1) is 11.2 Å². The van der Waals surface area contributed by atoms with E-state index in [4.69, 9.17) is 9.47 Å². The Labute approximate surface area is 124 Å². The number of hydrogen-bond donors (Lipinski definition) is 0. The molecule has 0 aromatic heterocycles. The summed E-state index contributed by atoms with van der Waals surface area (Å²) in [5, 5.41) is 0. The van der Waals surface area contributed by atoms with E-state index in [0.717, 1.165) is 25.7 Å². The van der Waals surface area contributed by atoms with Gasteiger partial charge in [-0.1, -0.05) is 19.4 Å². The molecule has 21 heavy (non-hydrogen) atoms. The summed E-state index contributed by atoms with van der Waals surface area (Å²) in [5.41, 5.74) is 0.0291. The SMILES string of the molecule is CCCCOc1c(F)cccc(OC2CC3(CC3)C2)c1=O. The molecule has 0 unspecified atom stereocenters. The molecular formula is C17H21FO3. The molecule has 2 aliphatic carbocycles. The standard InChI is InChI=1S/C17H21FO3/c1-2-3-9-20-16-13(18)5-4-6-14(15(16)19)21-12-10-17(11-12)7-8-17/h4-6,12H,2-3,7-11H2,1H3. The first-order chi connectivity index (χ1) is 10.1. The highest BCUT2D eigenvalue weighted by atomic mass is 19.1. The minimum Gasteiger partial charge on any atom is -0.487 e. The van der Waals surface area contributed by atoms with Crippen LogP contribution in [0.4, 0.5) is 4.39 Å². The van der Waals surface area contributed by atoms with Crippen LogP contribution in [0.2, 0.25) is 0 Å². The molecule has 0 N–H and O–H groups in total. The first-order valence-corrected chi connectivity index (χ1v) is 7.76. The van der Waals surface area contributed by atoms with E-state index >= 15 is 0 Å². The van der Waals surface area contributed by atoms with Crippen molar-refractivity contribution in [2.24, 2.45) is 5.41 Å². The van der Waals surface area contributed by atoms with Crippen molar-refractivity contribution in [2.75, 3.05) is 6.61 Å². The highest BCUT2D eigenvalue weighted by Crippen LogP contribution is 2.61. The molecule has 0 radical (unpaired) electrons. The van der Waals surface area contributed by atoms with E-state index in [1.54, 1.807) is 0 Å². The van der Waals surface area contributed by atoms with Gasteiger partial charge in [0.2, 0.25) is 5.75 Å². The lowest BCUT2D eigenvalue weighted by Crippen LogP contribution is -2.36. The summed E-state index contributed by atoms with van der Waals surface area (Å²) in [7, 11) is 0. The summed E-state index contributed by atoms with van der Waals surface area (Å²) in [5.74, 6) is -0.645. The molecule has 2 aliphatic rings. The van der Waals surface area contributed by atoms with Crippen molar-refractivity contribution in [3.05, 3.63) is 34.2 Å². The molecule has 0 bridgehead atoms. The highest BCUT2D eigenvalue weighted by molar-refractivity contribution is 5.33. The molecule has 2 fully saturated rings. The van der Waals surface area contributed by atoms with Crippen LogP contribution in [0.1, 0.15) is 45.4 Å². The average Bonchev–Trinajstić information content (AvgIpc) is 3.21. The molecule has 114 valence electrons. The van der Waals surface area contributed by atoms with Gasteiger partial charge < -0.3 is 9.47 Å². The zero-order valence-corrected chi connectivity index (χ0v) is 12.4. The summed E-state index contributed by atoms with van der Waals surface area (Å²) in [6.45, 7) is 2.36. The predicted molar refractivity (Wildman–Crippen MR) is 78.4 cm³/mol. The van der Waals surface area contributed by atoms with Gasteiger partial charge in [-0.05, 0) is 49.7 Å². The number of hydrogen-bond acceptors (Lipinski definition) is 3. The fraction of sp³-hybridized carbons (Fsp3) is 0.588. The Hall–Kier alpha value is -1.58. The molecule has 1 aromatic carbocycles. The number of ether oxygens (including phenoxy) is 2. The normalized spacial score (nSPS) is 19.1. The van der Waals surface area contributed by atoms with Crippen molar-refractivity contribution in [3.8, 4) is 11.5 Å². The molecule has 0 atom stereocenters.